The van der Waals surface area contributed by atoms with Crippen LogP contribution in [0.5, 0.6) is 0 Å². The van der Waals surface area contributed by atoms with Crippen LogP contribution in [0.3, 0.4) is 0 Å². The number of aliphatic hydroxyl groups is 1. The summed E-state index contributed by atoms with van der Waals surface area (Å²) in [7, 11) is 2.24. The van der Waals surface area contributed by atoms with Gasteiger partial charge in [-0.3, -0.25) is 0 Å². The summed E-state index contributed by atoms with van der Waals surface area (Å²) in [5, 5.41) is 12.2. The molecule has 0 aromatic carbocycles. The van der Waals surface area contributed by atoms with Gasteiger partial charge in [0.1, 0.15) is 0 Å². The molecule has 0 bridgehead atoms. The van der Waals surface area contributed by atoms with Crippen LogP contribution in [0.15, 0.2) is 0 Å². The van der Waals surface area contributed by atoms with Gasteiger partial charge in [0.05, 0.1) is 0 Å². The first-order valence-corrected chi connectivity index (χ1v) is 7.59. The molecular formula is C12H26N2OS. The molecule has 16 heavy (non-hydrogen) atoms. The van der Waals surface area contributed by atoms with Gasteiger partial charge in [-0.15, -0.1) is 0 Å². The third kappa shape index (κ3) is 6.09. The fourth-order valence-electron chi connectivity index (χ4n) is 2.08. The van der Waals surface area contributed by atoms with E-state index in [1.807, 2.05) is 11.8 Å². The van der Waals surface area contributed by atoms with Crippen LogP contribution in [-0.4, -0.2) is 60.8 Å². The molecule has 0 aromatic heterocycles. The third-order valence-electron chi connectivity index (χ3n) is 3.17. The van der Waals surface area contributed by atoms with Crippen molar-refractivity contribution < 1.29 is 5.11 Å². The Morgan fingerprint density at radius 1 is 1.38 bits per heavy atom. The second kappa shape index (κ2) is 9.28. The normalized spacial score (nSPS) is 22.5. The summed E-state index contributed by atoms with van der Waals surface area (Å²) in [4.78, 5) is 2.48. The monoisotopic (exact) mass is 246 g/mol. The van der Waals surface area contributed by atoms with E-state index in [0.29, 0.717) is 6.61 Å². The molecular weight excluding hydrogens is 220 g/mol. The SMILES string of the molecule is CN1CCCCC1CNCCSCCCO. The van der Waals surface area contributed by atoms with Gasteiger partial charge in [-0.25, -0.2) is 0 Å². The Bertz CT molecular complexity index is 169. The molecule has 1 atom stereocenters. The fraction of sp³-hybridized carbons (Fsp3) is 1.00. The van der Waals surface area contributed by atoms with Crippen LogP contribution in [0.25, 0.3) is 0 Å². The average Bonchev–Trinajstić information content (AvgIpc) is 2.30. The van der Waals surface area contributed by atoms with Crippen LogP contribution in [0.4, 0.5) is 0 Å². The molecule has 0 aromatic rings. The molecule has 1 saturated heterocycles. The van der Waals surface area contributed by atoms with Gasteiger partial charge in [-0.1, -0.05) is 6.42 Å². The summed E-state index contributed by atoms with van der Waals surface area (Å²) in [6.07, 6.45) is 5.03. The quantitative estimate of drug-likeness (QED) is 0.630. The molecule has 0 spiro atoms. The van der Waals surface area contributed by atoms with Gasteiger partial charge in [0, 0.05) is 31.5 Å². The van der Waals surface area contributed by atoms with Crippen molar-refractivity contribution >= 4 is 11.8 Å². The first kappa shape index (κ1) is 14.3. The Morgan fingerprint density at radius 3 is 3.00 bits per heavy atom. The summed E-state index contributed by atoms with van der Waals surface area (Å²) >= 11 is 1.93. The smallest absolute Gasteiger partial charge is 0.0438 e. The number of hydrogen-bond acceptors (Lipinski definition) is 4. The molecule has 1 unspecified atom stereocenters. The van der Waals surface area contributed by atoms with Gasteiger partial charge in [0.15, 0.2) is 0 Å². The molecule has 96 valence electrons. The number of thioether (sulfide) groups is 1. The van der Waals surface area contributed by atoms with Crippen molar-refractivity contribution in [1.82, 2.24) is 10.2 Å². The molecule has 0 radical (unpaired) electrons. The maximum absolute atomic E-state index is 8.63. The number of piperidine rings is 1. The second-order valence-electron chi connectivity index (χ2n) is 4.52. The maximum Gasteiger partial charge on any atom is 0.0438 e. The number of nitrogens with one attached hydrogen (secondary N) is 1. The van der Waals surface area contributed by atoms with Crippen molar-refractivity contribution in [2.45, 2.75) is 31.7 Å². The number of likely N-dealkylation sites (N-methyl/N-ethyl adjacent to an activating group) is 1. The molecule has 0 amide bonds. The lowest BCUT2D eigenvalue weighted by Gasteiger charge is -2.32. The summed E-state index contributed by atoms with van der Waals surface area (Å²) in [5.74, 6) is 2.25. The van der Waals surface area contributed by atoms with Crippen molar-refractivity contribution in [1.29, 1.82) is 0 Å². The highest BCUT2D eigenvalue weighted by molar-refractivity contribution is 7.99. The number of likely N-dealkylation sites (tertiary alicyclic amines) is 1. The molecule has 1 rings (SSSR count). The topological polar surface area (TPSA) is 35.5 Å². The Hall–Kier alpha value is 0.230. The van der Waals surface area contributed by atoms with Crippen molar-refractivity contribution in [2.75, 3.05) is 44.8 Å². The highest BCUT2D eigenvalue weighted by atomic mass is 32.2. The zero-order valence-corrected chi connectivity index (χ0v) is 11.3. The van der Waals surface area contributed by atoms with Gasteiger partial charge in [-0.05, 0) is 38.6 Å². The molecule has 1 aliphatic heterocycles. The van der Waals surface area contributed by atoms with Crippen LogP contribution in [0.2, 0.25) is 0 Å². The van der Waals surface area contributed by atoms with Crippen LogP contribution in [0.1, 0.15) is 25.7 Å². The van der Waals surface area contributed by atoms with E-state index in [1.165, 1.54) is 25.8 Å². The first-order valence-electron chi connectivity index (χ1n) is 6.44. The van der Waals surface area contributed by atoms with Gasteiger partial charge in [0.25, 0.3) is 0 Å². The molecule has 4 heteroatoms. The highest BCUT2D eigenvalue weighted by Crippen LogP contribution is 2.13. The molecule has 0 aliphatic carbocycles. The summed E-state index contributed by atoms with van der Waals surface area (Å²) in [6.45, 7) is 3.82. The van der Waals surface area contributed by atoms with E-state index >= 15 is 0 Å². The van der Waals surface area contributed by atoms with Crippen molar-refractivity contribution in [3.8, 4) is 0 Å². The van der Waals surface area contributed by atoms with E-state index < -0.39 is 0 Å². The maximum atomic E-state index is 8.63. The van der Waals surface area contributed by atoms with Crippen LogP contribution < -0.4 is 5.32 Å². The minimum Gasteiger partial charge on any atom is -0.396 e. The zero-order chi connectivity index (χ0) is 11.6. The van der Waals surface area contributed by atoms with Crippen LogP contribution >= 0.6 is 11.8 Å². The molecule has 1 fully saturated rings. The van der Waals surface area contributed by atoms with E-state index in [-0.39, 0.29) is 0 Å². The predicted molar refractivity (Wildman–Crippen MR) is 72.2 cm³/mol. The molecule has 0 saturated carbocycles. The largest absolute Gasteiger partial charge is 0.396 e. The molecule has 2 N–H and O–H groups in total. The summed E-state index contributed by atoms with van der Waals surface area (Å²) in [6, 6.07) is 0.746. The zero-order valence-electron chi connectivity index (χ0n) is 10.5. The minimum absolute atomic E-state index is 0.327. The summed E-state index contributed by atoms with van der Waals surface area (Å²) in [5.41, 5.74) is 0. The predicted octanol–water partition coefficient (Wildman–Crippen LogP) is 1.18. The van der Waals surface area contributed by atoms with Crippen LogP contribution in [-0.2, 0) is 0 Å². The fourth-order valence-corrected chi connectivity index (χ4v) is 2.91. The van der Waals surface area contributed by atoms with E-state index in [1.54, 1.807) is 0 Å². The van der Waals surface area contributed by atoms with Crippen molar-refractivity contribution in [3.63, 3.8) is 0 Å². The molecule has 3 nitrogen and oxygen atoms in total. The molecule has 1 heterocycles. The van der Waals surface area contributed by atoms with Crippen molar-refractivity contribution in [3.05, 3.63) is 0 Å². The number of rotatable bonds is 8. The number of aliphatic hydroxyl groups excluding tert-OH is 1. The third-order valence-corrected chi connectivity index (χ3v) is 4.24. The lowest BCUT2D eigenvalue weighted by molar-refractivity contribution is 0.182. The second-order valence-corrected chi connectivity index (χ2v) is 5.75. The highest BCUT2D eigenvalue weighted by Gasteiger charge is 2.17. The van der Waals surface area contributed by atoms with Gasteiger partial charge in [-0.2, -0.15) is 11.8 Å². The average molecular weight is 246 g/mol. The van der Waals surface area contributed by atoms with Gasteiger partial charge < -0.3 is 15.3 Å². The van der Waals surface area contributed by atoms with E-state index in [9.17, 15) is 0 Å². The number of hydrogen-bond donors (Lipinski definition) is 2. The standard InChI is InChI=1S/C12H26N2OS/c1-14-7-3-2-5-12(14)11-13-6-10-16-9-4-8-15/h12-13,15H,2-11H2,1H3. The van der Waals surface area contributed by atoms with Crippen molar-refractivity contribution in [2.24, 2.45) is 0 Å². The Morgan fingerprint density at radius 2 is 2.25 bits per heavy atom. The van der Waals surface area contributed by atoms with Gasteiger partial charge >= 0.3 is 0 Å². The summed E-state index contributed by atoms with van der Waals surface area (Å²) < 4.78 is 0. The van der Waals surface area contributed by atoms with Crippen LogP contribution in [0, 0.1) is 0 Å². The van der Waals surface area contributed by atoms with E-state index in [0.717, 1.165) is 37.1 Å². The number of nitrogens with zero attached hydrogens (tertiary/aromatic N) is 1. The minimum atomic E-state index is 0.327. The van der Waals surface area contributed by atoms with E-state index in [4.69, 9.17) is 5.11 Å². The molecule has 1 aliphatic rings. The Labute approximate surface area is 104 Å². The lowest BCUT2D eigenvalue weighted by atomic mass is 10.0. The first-order chi connectivity index (χ1) is 7.84. The van der Waals surface area contributed by atoms with E-state index in [2.05, 4.69) is 17.3 Å². The Balaban J connectivity index is 1.90. The Kier molecular flexibility index (Phi) is 8.29. The lowest BCUT2D eigenvalue weighted by Crippen LogP contribution is -2.43. The van der Waals surface area contributed by atoms with Gasteiger partial charge in [0.2, 0.25) is 0 Å².